The molecule has 8 heteroatoms. The lowest BCUT2D eigenvalue weighted by molar-refractivity contribution is -0.140. The van der Waals surface area contributed by atoms with Crippen molar-refractivity contribution in [3.05, 3.63) is 83.6 Å². The van der Waals surface area contributed by atoms with Gasteiger partial charge in [-0.2, -0.15) is 0 Å². The van der Waals surface area contributed by atoms with Crippen LogP contribution in [0.2, 0.25) is 0 Å². The Morgan fingerprint density at radius 2 is 1.73 bits per heavy atom. The summed E-state index contributed by atoms with van der Waals surface area (Å²) in [5, 5.41) is 11.7. The molecule has 0 fully saturated rings. The largest absolute Gasteiger partial charge is 0.462 e. The van der Waals surface area contributed by atoms with Gasteiger partial charge in [0, 0.05) is 23.3 Å². The lowest BCUT2D eigenvalue weighted by Gasteiger charge is -2.37. The number of allylic oxidation sites excluding steroid dienone is 1. The number of benzene rings is 3. The van der Waals surface area contributed by atoms with Crippen molar-refractivity contribution in [1.82, 2.24) is 10.2 Å². The Balaban J connectivity index is 1.52. The number of hydrogen-bond acceptors (Lipinski definition) is 4. The van der Waals surface area contributed by atoms with Crippen molar-refractivity contribution in [2.45, 2.75) is 33.7 Å². The van der Waals surface area contributed by atoms with E-state index in [1.165, 1.54) is 0 Å². The van der Waals surface area contributed by atoms with Crippen molar-refractivity contribution in [3.63, 3.8) is 0 Å². The van der Waals surface area contributed by atoms with Crippen molar-refractivity contribution in [1.29, 1.82) is 0 Å². The molecule has 1 aliphatic rings. The zero-order valence-corrected chi connectivity index (χ0v) is 22.3. The molecule has 0 saturated heterocycles. The van der Waals surface area contributed by atoms with Crippen LogP contribution in [0.15, 0.2) is 78.0 Å². The first-order chi connectivity index (χ1) is 17.8. The van der Waals surface area contributed by atoms with Gasteiger partial charge in [-0.25, -0.2) is 9.59 Å². The van der Waals surface area contributed by atoms with Crippen molar-refractivity contribution in [2.75, 3.05) is 23.8 Å². The lowest BCUT2D eigenvalue weighted by Crippen LogP contribution is -2.47. The number of ether oxygens (including phenoxy) is 1. The molecule has 0 spiro atoms. The number of thiocarbonyl (C=S) groups is 1. The van der Waals surface area contributed by atoms with Gasteiger partial charge in [0.15, 0.2) is 5.11 Å². The number of rotatable bonds is 7. The fourth-order valence-electron chi connectivity index (χ4n) is 4.37. The number of urea groups is 1. The monoisotopic (exact) mass is 516 g/mol. The maximum atomic E-state index is 13.1. The van der Waals surface area contributed by atoms with Crippen molar-refractivity contribution in [2.24, 2.45) is 5.92 Å². The molecular formula is C29H32N4O3S. The number of nitrogens with one attached hydrogen (secondary N) is 3. The minimum absolute atomic E-state index is 0.230. The molecule has 0 saturated carbocycles. The molecule has 3 aromatic carbocycles. The van der Waals surface area contributed by atoms with Gasteiger partial charge in [0.25, 0.3) is 0 Å². The van der Waals surface area contributed by atoms with E-state index in [9.17, 15) is 9.59 Å². The molecule has 3 N–H and O–H groups in total. The number of nitrogens with zero attached hydrogens (tertiary/aromatic N) is 1. The van der Waals surface area contributed by atoms with Gasteiger partial charge in [-0.05, 0) is 61.1 Å². The molecular weight excluding hydrogens is 484 g/mol. The van der Waals surface area contributed by atoms with Gasteiger partial charge in [-0.3, -0.25) is 0 Å². The van der Waals surface area contributed by atoms with E-state index in [2.05, 4.69) is 16.0 Å². The molecule has 2 amide bonds. The Labute approximate surface area is 222 Å². The summed E-state index contributed by atoms with van der Waals surface area (Å²) < 4.78 is 5.58. The Morgan fingerprint density at radius 3 is 2.43 bits per heavy atom. The molecule has 0 bridgehead atoms. The highest BCUT2D eigenvalue weighted by Gasteiger charge is 2.34. The van der Waals surface area contributed by atoms with Crippen LogP contribution >= 0.6 is 12.2 Å². The zero-order valence-electron chi connectivity index (χ0n) is 21.5. The third kappa shape index (κ3) is 5.91. The minimum Gasteiger partial charge on any atom is -0.462 e. The molecule has 192 valence electrons. The van der Waals surface area contributed by atoms with Crippen LogP contribution in [0.3, 0.4) is 0 Å². The third-order valence-corrected chi connectivity index (χ3v) is 6.56. The fraction of sp³-hybridized carbons (Fsp3) is 0.276. The lowest BCUT2D eigenvalue weighted by atomic mass is 9.95. The number of amides is 2. The number of anilines is 2. The molecule has 1 heterocycles. The van der Waals surface area contributed by atoms with Gasteiger partial charge in [-0.15, -0.1) is 0 Å². The van der Waals surface area contributed by atoms with Crippen molar-refractivity contribution in [3.8, 4) is 0 Å². The van der Waals surface area contributed by atoms with Gasteiger partial charge in [0.05, 0.1) is 23.9 Å². The van der Waals surface area contributed by atoms with Crippen LogP contribution in [0, 0.1) is 5.92 Å². The van der Waals surface area contributed by atoms with Crippen LogP contribution in [-0.2, 0) is 9.53 Å². The maximum Gasteiger partial charge on any atom is 0.338 e. The van der Waals surface area contributed by atoms with E-state index in [0.717, 1.165) is 27.7 Å². The molecule has 7 nitrogen and oxygen atoms in total. The van der Waals surface area contributed by atoms with Gasteiger partial charge in [0.1, 0.15) is 0 Å². The van der Waals surface area contributed by atoms with Gasteiger partial charge in [0.2, 0.25) is 0 Å². The fourth-order valence-corrected chi connectivity index (χ4v) is 4.76. The first-order valence-corrected chi connectivity index (χ1v) is 12.8. The highest BCUT2D eigenvalue weighted by atomic mass is 32.1. The number of fused-ring (bicyclic) bond motifs is 1. The third-order valence-electron chi connectivity index (χ3n) is 6.22. The number of carbonyl (C=O) groups excluding carboxylic acids is 2. The summed E-state index contributed by atoms with van der Waals surface area (Å²) in [4.78, 5) is 27.7. The zero-order chi connectivity index (χ0) is 26.5. The summed E-state index contributed by atoms with van der Waals surface area (Å²) >= 11 is 5.57. The summed E-state index contributed by atoms with van der Waals surface area (Å²) in [6.07, 6.45) is 0. The van der Waals surface area contributed by atoms with Crippen molar-refractivity contribution < 1.29 is 14.3 Å². The van der Waals surface area contributed by atoms with Crippen LogP contribution in [0.1, 0.15) is 39.3 Å². The Morgan fingerprint density at radius 1 is 1.03 bits per heavy atom. The normalized spacial score (nSPS) is 15.5. The van der Waals surface area contributed by atoms with E-state index >= 15 is 0 Å². The van der Waals surface area contributed by atoms with E-state index in [1.807, 2.05) is 87.2 Å². The summed E-state index contributed by atoms with van der Waals surface area (Å²) in [6, 6.07) is 20.2. The first kappa shape index (κ1) is 26.2. The van der Waals surface area contributed by atoms with Crippen LogP contribution < -0.4 is 16.0 Å². The number of esters is 1. The van der Waals surface area contributed by atoms with E-state index in [0.29, 0.717) is 29.5 Å². The molecule has 0 radical (unpaired) electrons. The average molecular weight is 517 g/mol. The highest BCUT2D eigenvalue weighted by molar-refractivity contribution is 7.80. The molecule has 1 unspecified atom stereocenters. The molecule has 37 heavy (non-hydrogen) atoms. The van der Waals surface area contributed by atoms with Crippen LogP contribution in [0.5, 0.6) is 0 Å². The SMILES string of the molecule is CCN1C(=S)NC(c2ccc(NC(=O)Nc3cccc4ccccc34)cc2)C(C(=O)OCC(C)C)=C1C. The highest BCUT2D eigenvalue weighted by Crippen LogP contribution is 2.32. The quantitative estimate of drug-likeness (QED) is 0.256. The van der Waals surface area contributed by atoms with Crippen molar-refractivity contribution >= 4 is 51.5 Å². The maximum absolute atomic E-state index is 13.1. The summed E-state index contributed by atoms with van der Waals surface area (Å²) in [6.45, 7) is 8.86. The Hall–Kier alpha value is -3.91. The van der Waals surface area contributed by atoms with Gasteiger partial charge < -0.3 is 25.6 Å². The molecule has 1 atom stereocenters. The predicted octanol–water partition coefficient (Wildman–Crippen LogP) is 6.21. The van der Waals surface area contributed by atoms with E-state index in [-0.39, 0.29) is 17.9 Å². The molecule has 0 aromatic heterocycles. The number of hydrogen-bond donors (Lipinski definition) is 3. The van der Waals surface area contributed by atoms with Crippen LogP contribution in [-0.4, -0.2) is 35.2 Å². The van der Waals surface area contributed by atoms with Gasteiger partial charge in [-0.1, -0.05) is 62.4 Å². The predicted molar refractivity (Wildman–Crippen MR) is 152 cm³/mol. The van der Waals surface area contributed by atoms with E-state index < -0.39 is 6.04 Å². The van der Waals surface area contributed by atoms with Gasteiger partial charge >= 0.3 is 12.0 Å². The molecule has 1 aliphatic heterocycles. The second-order valence-corrected chi connectivity index (χ2v) is 9.73. The smallest absolute Gasteiger partial charge is 0.338 e. The Kier molecular flexibility index (Phi) is 8.08. The second kappa shape index (κ2) is 11.4. The standard InChI is InChI=1S/C29H32N4O3S/c1-5-33-19(4)25(27(34)36-17-18(2)3)26(32-29(33)37)21-13-15-22(16-14-21)30-28(35)31-24-12-8-10-20-9-6-7-11-23(20)24/h6-16,18,26H,5,17H2,1-4H3,(H,32,37)(H2,30,31,35). The second-order valence-electron chi connectivity index (χ2n) is 9.35. The molecule has 4 rings (SSSR count). The topological polar surface area (TPSA) is 82.7 Å². The first-order valence-electron chi connectivity index (χ1n) is 12.4. The number of carbonyl (C=O) groups is 2. The van der Waals surface area contributed by atoms with E-state index in [4.69, 9.17) is 17.0 Å². The molecule has 3 aromatic rings. The Bertz CT molecular complexity index is 1350. The van der Waals surface area contributed by atoms with Crippen LogP contribution in [0.25, 0.3) is 10.8 Å². The summed E-state index contributed by atoms with van der Waals surface area (Å²) in [5.41, 5.74) is 3.51. The average Bonchev–Trinajstić information content (AvgIpc) is 2.88. The van der Waals surface area contributed by atoms with Crippen LogP contribution in [0.4, 0.5) is 16.2 Å². The summed E-state index contributed by atoms with van der Waals surface area (Å²) in [7, 11) is 0. The van der Waals surface area contributed by atoms with E-state index in [1.54, 1.807) is 12.1 Å². The summed E-state index contributed by atoms with van der Waals surface area (Å²) in [5.74, 6) is -0.130. The molecule has 0 aliphatic carbocycles. The minimum atomic E-state index is -0.450.